The van der Waals surface area contributed by atoms with Gasteiger partial charge in [0.25, 0.3) is 0 Å². The zero-order valence-electron chi connectivity index (χ0n) is 14.8. The molecule has 1 aliphatic carbocycles. The van der Waals surface area contributed by atoms with E-state index >= 15 is 0 Å². The van der Waals surface area contributed by atoms with Crippen molar-refractivity contribution >= 4 is 15.9 Å². The molecular formula is C19H29BrN2O2. The van der Waals surface area contributed by atoms with E-state index in [2.05, 4.69) is 39.7 Å². The molecule has 0 N–H and O–H groups in total. The molecule has 0 radical (unpaired) electrons. The molecule has 1 aromatic heterocycles. The molecule has 3 rings (SSSR count). The van der Waals surface area contributed by atoms with Crippen molar-refractivity contribution in [2.45, 2.75) is 76.7 Å². The van der Waals surface area contributed by atoms with Gasteiger partial charge in [-0.3, -0.25) is 0 Å². The highest BCUT2D eigenvalue weighted by Gasteiger charge is 2.27. The molecule has 1 saturated carbocycles. The molecule has 2 heterocycles. The highest BCUT2D eigenvalue weighted by molar-refractivity contribution is 9.10. The number of hydrogen-bond donors (Lipinski definition) is 0. The molecule has 2 aliphatic rings. The number of piperidine rings is 1. The molecular weight excluding hydrogens is 368 g/mol. The lowest BCUT2D eigenvalue weighted by molar-refractivity contribution is -0.0687. The number of rotatable bonds is 5. The van der Waals surface area contributed by atoms with Crippen LogP contribution in [0.3, 0.4) is 0 Å². The van der Waals surface area contributed by atoms with Crippen molar-refractivity contribution in [3.8, 4) is 5.75 Å². The molecule has 0 spiro atoms. The summed E-state index contributed by atoms with van der Waals surface area (Å²) in [6.07, 6.45) is 9.69. The summed E-state index contributed by atoms with van der Waals surface area (Å²) in [6, 6.07) is 4.56. The summed E-state index contributed by atoms with van der Waals surface area (Å²) in [7, 11) is 0. The lowest BCUT2D eigenvalue weighted by Crippen LogP contribution is -2.42. The summed E-state index contributed by atoms with van der Waals surface area (Å²) in [4.78, 5) is 6.77. The van der Waals surface area contributed by atoms with Crippen molar-refractivity contribution in [1.29, 1.82) is 0 Å². The van der Waals surface area contributed by atoms with Crippen LogP contribution in [0.5, 0.6) is 5.75 Å². The second kappa shape index (κ2) is 8.63. The Morgan fingerprint density at radius 1 is 1.00 bits per heavy atom. The molecule has 0 atom stereocenters. The zero-order chi connectivity index (χ0) is 16.9. The molecule has 0 bridgehead atoms. The molecule has 2 fully saturated rings. The van der Waals surface area contributed by atoms with Crippen molar-refractivity contribution < 1.29 is 9.47 Å². The summed E-state index contributed by atoms with van der Waals surface area (Å²) in [6.45, 7) is 6.92. The predicted molar refractivity (Wildman–Crippen MR) is 99.4 cm³/mol. The quantitative estimate of drug-likeness (QED) is 0.689. The van der Waals surface area contributed by atoms with Crippen LogP contribution in [0, 0.1) is 0 Å². The van der Waals surface area contributed by atoms with Crippen LogP contribution < -0.4 is 4.74 Å². The number of pyridine rings is 1. The highest BCUT2D eigenvalue weighted by atomic mass is 79.9. The molecule has 0 unspecified atom stereocenters. The third kappa shape index (κ3) is 5.17. The molecule has 4 nitrogen and oxygen atoms in total. The van der Waals surface area contributed by atoms with Gasteiger partial charge in [0.15, 0.2) is 0 Å². The highest BCUT2D eigenvalue weighted by Crippen LogP contribution is 2.28. The van der Waals surface area contributed by atoms with Gasteiger partial charge in [-0.2, -0.15) is 0 Å². The largest absolute Gasteiger partial charge is 0.489 e. The second-order valence-corrected chi connectivity index (χ2v) is 8.11. The lowest BCUT2D eigenvalue weighted by atomic mass is 9.94. The number of hydrogen-bond acceptors (Lipinski definition) is 4. The van der Waals surface area contributed by atoms with E-state index in [1.54, 1.807) is 6.20 Å². The number of aromatic nitrogens is 1. The summed E-state index contributed by atoms with van der Waals surface area (Å²) in [5, 5.41) is 0. The molecule has 134 valence electrons. The van der Waals surface area contributed by atoms with Crippen LogP contribution in [-0.2, 0) is 4.74 Å². The van der Waals surface area contributed by atoms with E-state index in [0.29, 0.717) is 24.4 Å². The van der Waals surface area contributed by atoms with Crippen molar-refractivity contribution in [1.82, 2.24) is 9.88 Å². The Balaban J connectivity index is 1.37. The Morgan fingerprint density at radius 2 is 1.62 bits per heavy atom. The van der Waals surface area contributed by atoms with Gasteiger partial charge >= 0.3 is 0 Å². The van der Waals surface area contributed by atoms with E-state index < -0.39 is 0 Å². The van der Waals surface area contributed by atoms with Gasteiger partial charge in [-0.25, -0.2) is 4.98 Å². The smallest absolute Gasteiger partial charge is 0.138 e. The van der Waals surface area contributed by atoms with E-state index in [1.807, 2.05) is 12.1 Å². The van der Waals surface area contributed by atoms with Gasteiger partial charge in [-0.1, -0.05) is 0 Å². The zero-order valence-corrected chi connectivity index (χ0v) is 16.4. The summed E-state index contributed by atoms with van der Waals surface area (Å²) < 4.78 is 13.3. The first-order chi connectivity index (χ1) is 11.6. The SMILES string of the molecule is CC(C)N1CCC(OC2CCC(Oc3ccc(Br)nc3)CC2)CC1. The second-order valence-electron chi connectivity index (χ2n) is 7.30. The van der Waals surface area contributed by atoms with E-state index in [4.69, 9.17) is 9.47 Å². The summed E-state index contributed by atoms with van der Waals surface area (Å²) >= 11 is 3.35. The fourth-order valence-electron chi connectivity index (χ4n) is 3.71. The van der Waals surface area contributed by atoms with E-state index in [1.165, 1.54) is 25.9 Å². The Bertz CT molecular complexity index is 493. The van der Waals surface area contributed by atoms with Gasteiger partial charge in [0.2, 0.25) is 0 Å². The maximum Gasteiger partial charge on any atom is 0.138 e. The van der Waals surface area contributed by atoms with E-state index in [-0.39, 0.29) is 0 Å². The molecule has 5 heteroatoms. The number of halogens is 1. The molecule has 0 aromatic carbocycles. The minimum atomic E-state index is 0.301. The molecule has 24 heavy (non-hydrogen) atoms. The van der Waals surface area contributed by atoms with Crippen LogP contribution >= 0.6 is 15.9 Å². The topological polar surface area (TPSA) is 34.6 Å². The van der Waals surface area contributed by atoms with Gasteiger partial charge in [0.1, 0.15) is 10.4 Å². The fraction of sp³-hybridized carbons (Fsp3) is 0.737. The average molecular weight is 397 g/mol. The van der Waals surface area contributed by atoms with Crippen molar-refractivity contribution in [3.05, 3.63) is 22.9 Å². The Kier molecular flexibility index (Phi) is 6.53. The van der Waals surface area contributed by atoms with Crippen LogP contribution in [0.4, 0.5) is 0 Å². The molecule has 1 saturated heterocycles. The minimum absolute atomic E-state index is 0.301. The van der Waals surface area contributed by atoms with Crippen LogP contribution in [0.1, 0.15) is 52.4 Å². The maximum atomic E-state index is 6.37. The number of likely N-dealkylation sites (tertiary alicyclic amines) is 1. The predicted octanol–water partition coefficient (Wildman–Crippen LogP) is 4.42. The third-order valence-corrected chi connectivity index (χ3v) is 5.69. The van der Waals surface area contributed by atoms with Crippen LogP contribution in [0.15, 0.2) is 22.9 Å². The minimum Gasteiger partial charge on any atom is -0.489 e. The third-order valence-electron chi connectivity index (χ3n) is 5.22. The van der Waals surface area contributed by atoms with E-state index in [9.17, 15) is 0 Å². The Morgan fingerprint density at radius 3 is 2.21 bits per heavy atom. The van der Waals surface area contributed by atoms with E-state index in [0.717, 1.165) is 36.0 Å². The maximum absolute atomic E-state index is 6.37. The first-order valence-electron chi connectivity index (χ1n) is 9.28. The fourth-order valence-corrected chi connectivity index (χ4v) is 3.95. The normalized spacial score (nSPS) is 26.7. The van der Waals surface area contributed by atoms with Crippen molar-refractivity contribution in [3.63, 3.8) is 0 Å². The first-order valence-corrected chi connectivity index (χ1v) is 10.1. The first kappa shape index (κ1) is 18.2. The van der Waals surface area contributed by atoms with Crippen LogP contribution in [-0.4, -0.2) is 47.3 Å². The van der Waals surface area contributed by atoms with Crippen molar-refractivity contribution in [2.24, 2.45) is 0 Å². The summed E-state index contributed by atoms with van der Waals surface area (Å²) in [5.41, 5.74) is 0. The number of ether oxygens (including phenoxy) is 2. The number of nitrogens with zero attached hydrogens (tertiary/aromatic N) is 2. The standard InChI is InChI=1S/C19H29BrN2O2/c1-14(2)22-11-9-17(10-12-22)23-15-3-5-16(6-4-15)24-18-7-8-19(20)21-13-18/h7-8,13-17H,3-6,9-12H2,1-2H3. The van der Waals surface area contributed by atoms with Gasteiger partial charge < -0.3 is 14.4 Å². The van der Waals surface area contributed by atoms with Crippen LogP contribution in [0.25, 0.3) is 0 Å². The van der Waals surface area contributed by atoms with Crippen LogP contribution in [0.2, 0.25) is 0 Å². The van der Waals surface area contributed by atoms with Crippen molar-refractivity contribution in [2.75, 3.05) is 13.1 Å². The van der Waals surface area contributed by atoms with Gasteiger partial charge in [0.05, 0.1) is 24.5 Å². The Hall–Kier alpha value is -0.650. The molecule has 1 aromatic rings. The molecule has 1 aliphatic heterocycles. The van der Waals surface area contributed by atoms with Gasteiger partial charge in [-0.05, 0) is 80.4 Å². The van der Waals surface area contributed by atoms with Gasteiger partial charge in [0, 0.05) is 19.1 Å². The summed E-state index contributed by atoms with van der Waals surface area (Å²) in [5.74, 6) is 0.864. The Labute approximate surface area is 154 Å². The average Bonchev–Trinajstić information content (AvgIpc) is 2.59. The van der Waals surface area contributed by atoms with Gasteiger partial charge in [-0.15, -0.1) is 0 Å². The lowest BCUT2D eigenvalue weighted by Gasteiger charge is -2.37. The monoisotopic (exact) mass is 396 g/mol. The molecule has 0 amide bonds.